The molecule has 2 nitrogen and oxygen atoms in total. The van der Waals surface area contributed by atoms with Crippen LogP contribution in [0.3, 0.4) is 0 Å². The van der Waals surface area contributed by atoms with E-state index in [9.17, 15) is 0 Å². The second kappa shape index (κ2) is 6.12. The van der Waals surface area contributed by atoms with Gasteiger partial charge in [-0.25, -0.2) is 0 Å². The molecule has 0 amide bonds. The van der Waals surface area contributed by atoms with Crippen LogP contribution in [0.1, 0.15) is 12.5 Å². The average molecular weight is 315 g/mol. The van der Waals surface area contributed by atoms with Gasteiger partial charge in [-0.1, -0.05) is 15.9 Å². The van der Waals surface area contributed by atoms with Gasteiger partial charge in [0.15, 0.2) is 0 Å². The van der Waals surface area contributed by atoms with E-state index in [4.69, 9.17) is 5.73 Å². The Morgan fingerprint density at radius 2 is 2.12 bits per heavy atom. The number of nitrogens with two attached hydrogens (primary N) is 1. The summed E-state index contributed by atoms with van der Waals surface area (Å²) in [6, 6.07) is 6.77. The van der Waals surface area contributed by atoms with Gasteiger partial charge in [0.2, 0.25) is 0 Å². The Balaban J connectivity index is 2.24. The summed E-state index contributed by atoms with van der Waals surface area (Å²) in [6.45, 7) is 4.37. The van der Waals surface area contributed by atoms with Crippen LogP contribution in [-0.4, -0.2) is 30.6 Å². The van der Waals surface area contributed by atoms with Gasteiger partial charge in [-0.05, 0) is 37.1 Å². The highest BCUT2D eigenvalue weighted by Gasteiger charge is 2.15. The van der Waals surface area contributed by atoms with Crippen molar-refractivity contribution in [3.8, 4) is 0 Å². The zero-order valence-electron chi connectivity index (χ0n) is 10.2. The van der Waals surface area contributed by atoms with Gasteiger partial charge in [-0.2, -0.15) is 11.8 Å². The van der Waals surface area contributed by atoms with Crippen LogP contribution in [0.25, 0.3) is 0 Å². The molecule has 1 aromatic carbocycles. The van der Waals surface area contributed by atoms with Gasteiger partial charge in [-0.15, -0.1) is 0 Å². The van der Waals surface area contributed by atoms with Crippen LogP contribution in [0, 0.1) is 0 Å². The van der Waals surface area contributed by atoms with E-state index >= 15 is 0 Å². The maximum Gasteiger partial charge on any atom is 0.0400 e. The summed E-state index contributed by atoms with van der Waals surface area (Å²) in [5.74, 6) is 2.46. The Hall–Kier alpha value is -0.190. The predicted molar refractivity (Wildman–Crippen MR) is 81.0 cm³/mol. The standard InChI is InChI=1S/C13H19BrN2S/c1-10(15)8-11-9-12(14)2-3-13(11)16-4-6-17-7-5-16/h2-3,9-10H,4-8,15H2,1H3. The molecule has 0 aromatic heterocycles. The topological polar surface area (TPSA) is 29.3 Å². The SMILES string of the molecule is CC(N)Cc1cc(Br)ccc1N1CCSCC1. The second-order valence-corrected chi connectivity index (χ2v) is 6.69. The summed E-state index contributed by atoms with van der Waals surface area (Å²) in [6.07, 6.45) is 0.943. The van der Waals surface area contributed by atoms with Crippen molar-refractivity contribution in [3.05, 3.63) is 28.2 Å². The van der Waals surface area contributed by atoms with E-state index in [2.05, 4.69) is 46.0 Å². The van der Waals surface area contributed by atoms with Gasteiger partial charge in [0.25, 0.3) is 0 Å². The van der Waals surface area contributed by atoms with E-state index in [1.54, 1.807) is 0 Å². The monoisotopic (exact) mass is 314 g/mol. The molecule has 1 unspecified atom stereocenters. The first-order valence-electron chi connectivity index (χ1n) is 6.03. The summed E-state index contributed by atoms with van der Waals surface area (Å²) < 4.78 is 1.14. The minimum Gasteiger partial charge on any atom is -0.370 e. The number of anilines is 1. The molecule has 2 rings (SSSR count). The molecule has 94 valence electrons. The highest BCUT2D eigenvalue weighted by molar-refractivity contribution is 9.10. The molecule has 1 aliphatic rings. The lowest BCUT2D eigenvalue weighted by atomic mass is 10.0. The second-order valence-electron chi connectivity index (χ2n) is 4.55. The third-order valence-electron chi connectivity index (χ3n) is 2.94. The fourth-order valence-corrected chi connectivity index (χ4v) is 3.49. The fraction of sp³-hybridized carbons (Fsp3) is 0.538. The quantitative estimate of drug-likeness (QED) is 0.930. The van der Waals surface area contributed by atoms with E-state index in [1.165, 1.54) is 22.8 Å². The smallest absolute Gasteiger partial charge is 0.0400 e. The van der Waals surface area contributed by atoms with E-state index < -0.39 is 0 Å². The lowest BCUT2D eigenvalue weighted by Crippen LogP contribution is -2.33. The molecule has 17 heavy (non-hydrogen) atoms. The molecule has 1 heterocycles. The van der Waals surface area contributed by atoms with Crippen molar-refractivity contribution in [3.63, 3.8) is 0 Å². The first-order valence-corrected chi connectivity index (χ1v) is 7.98. The first-order chi connectivity index (χ1) is 8.16. The number of halogens is 1. The lowest BCUT2D eigenvalue weighted by Gasteiger charge is -2.30. The van der Waals surface area contributed by atoms with E-state index in [0.29, 0.717) is 0 Å². The first kappa shape index (κ1) is 13.2. The third kappa shape index (κ3) is 3.63. The van der Waals surface area contributed by atoms with Crippen molar-refractivity contribution in [1.82, 2.24) is 0 Å². The minimum atomic E-state index is 0.210. The molecule has 0 saturated carbocycles. The Bertz CT molecular complexity index is 376. The number of hydrogen-bond donors (Lipinski definition) is 1. The number of hydrogen-bond acceptors (Lipinski definition) is 3. The maximum absolute atomic E-state index is 5.94. The Morgan fingerprint density at radius 1 is 1.41 bits per heavy atom. The minimum absolute atomic E-state index is 0.210. The predicted octanol–water partition coefficient (Wildman–Crippen LogP) is 2.89. The number of thioether (sulfide) groups is 1. The Labute approximate surface area is 116 Å². The summed E-state index contributed by atoms with van der Waals surface area (Å²) in [5.41, 5.74) is 8.66. The van der Waals surface area contributed by atoms with Crippen molar-refractivity contribution >= 4 is 33.4 Å². The van der Waals surface area contributed by atoms with Crippen LogP contribution in [0.15, 0.2) is 22.7 Å². The average Bonchev–Trinajstić information content (AvgIpc) is 2.29. The molecule has 4 heteroatoms. The van der Waals surface area contributed by atoms with Crippen LogP contribution in [-0.2, 0) is 6.42 Å². The normalized spacial score (nSPS) is 18.2. The molecular formula is C13H19BrN2S. The van der Waals surface area contributed by atoms with Gasteiger partial charge >= 0.3 is 0 Å². The molecular weight excluding hydrogens is 296 g/mol. The zero-order chi connectivity index (χ0) is 12.3. The van der Waals surface area contributed by atoms with Crippen molar-refractivity contribution in [2.24, 2.45) is 5.73 Å². The highest BCUT2D eigenvalue weighted by atomic mass is 79.9. The van der Waals surface area contributed by atoms with Gasteiger partial charge in [0.05, 0.1) is 0 Å². The van der Waals surface area contributed by atoms with Crippen molar-refractivity contribution < 1.29 is 0 Å². The molecule has 0 spiro atoms. The molecule has 0 radical (unpaired) electrons. The summed E-state index contributed by atoms with van der Waals surface area (Å²) in [7, 11) is 0. The number of benzene rings is 1. The van der Waals surface area contributed by atoms with E-state index in [1.807, 2.05) is 11.8 Å². The highest BCUT2D eigenvalue weighted by Crippen LogP contribution is 2.27. The van der Waals surface area contributed by atoms with Gasteiger partial charge < -0.3 is 10.6 Å². The van der Waals surface area contributed by atoms with E-state index in [0.717, 1.165) is 24.0 Å². The summed E-state index contributed by atoms with van der Waals surface area (Å²) >= 11 is 5.59. The van der Waals surface area contributed by atoms with Gasteiger partial charge in [0.1, 0.15) is 0 Å². The van der Waals surface area contributed by atoms with Crippen LogP contribution in [0.2, 0.25) is 0 Å². The largest absolute Gasteiger partial charge is 0.370 e. The summed E-state index contributed by atoms with van der Waals surface area (Å²) in [5, 5.41) is 0. The molecule has 1 atom stereocenters. The molecule has 1 aromatic rings. The maximum atomic E-state index is 5.94. The van der Waals surface area contributed by atoms with Crippen molar-refractivity contribution in [1.29, 1.82) is 0 Å². The Kier molecular flexibility index (Phi) is 4.77. The van der Waals surface area contributed by atoms with Crippen molar-refractivity contribution in [2.75, 3.05) is 29.5 Å². The van der Waals surface area contributed by atoms with Crippen LogP contribution in [0.4, 0.5) is 5.69 Å². The molecule has 1 aliphatic heterocycles. The van der Waals surface area contributed by atoms with Crippen LogP contribution < -0.4 is 10.6 Å². The van der Waals surface area contributed by atoms with Gasteiger partial charge in [0, 0.05) is 40.8 Å². The third-order valence-corrected chi connectivity index (χ3v) is 4.37. The lowest BCUT2D eigenvalue weighted by molar-refractivity contribution is 0.731. The molecule has 0 bridgehead atoms. The number of nitrogens with zero attached hydrogens (tertiary/aromatic N) is 1. The Morgan fingerprint density at radius 3 is 2.76 bits per heavy atom. The molecule has 1 saturated heterocycles. The van der Waals surface area contributed by atoms with Gasteiger partial charge in [-0.3, -0.25) is 0 Å². The number of rotatable bonds is 3. The molecule has 0 aliphatic carbocycles. The van der Waals surface area contributed by atoms with Crippen LogP contribution >= 0.6 is 27.7 Å². The summed E-state index contributed by atoms with van der Waals surface area (Å²) in [4.78, 5) is 2.49. The zero-order valence-corrected chi connectivity index (χ0v) is 12.6. The molecule has 1 fully saturated rings. The van der Waals surface area contributed by atoms with E-state index in [-0.39, 0.29) is 6.04 Å². The molecule has 2 N–H and O–H groups in total. The fourth-order valence-electron chi connectivity index (χ4n) is 2.18. The van der Waals surface area contributed by atoms with Crippen molar-refractivity contribution in [2.45, 2.75) is 19.4 Å². The van der Waals surface area contributed by atoms with Crippen LogP contribution in [0.5, 0.6) is 0 Å².